The van der Waals surface area contributed by atoms with Gasteiger partial charge in [-0.25, -0.2) is 9.97 Å². The first kappa shape index (κ1) is 30.1. The molecule has 0 aliphatic heterocycles. The summed E-state index contributed by atoms with van der Waals surface area (Å²) < 4.78 is 17.3. The van der Waals surface area contributed by atoms with Gasteiger partial charge in [0.15, 0.2) is 11.6 Å². The van der Waals surface area contributed by atoms with Crippen LogP contribution in [0, 0.1) is 0 Å². The van der Waals surface area contributed by atoms with Crippen LogP contribution in [0.5, 0.6) is 11.5 Å². The third-order valence-corrected chi connectivity index (χ3v) is 6.35. The van der Waals surface area contributed by atoms with E-state index in [9.17, 15) is 0 Å². The molecule has 0 atom stereocenters. The van der Waals surface area contributed by atoms with E-state index in [1.54, 1.807) is 12.4 Å². The Bertz CT molecular complexity index is 684. The zero-order valence-corrected chi connectivity index (χ0v) is 23.0. The lowest BCUT2D eigenvalue weighted by atomic mass is 10.1. The Morgan fingerprint density at radius 2 is 0.972 bits per heavy atom. The zero-order chi connectivity index (χ0) is 25.5. The van der Waals surface area contributed by atoms with Crippen LogP contribution in [0.25, 0.3) is 11.4 Å². The quantitative estimate of drug-likeness (QED) is 0.143. The van der Waals surface area contributed by atoms with Crippen LogP contribution in [-0.2, 0) is 4.74 Å². The van der Waals surface area contributed by atoms with Crippen LogP contribution in [-0.4, -0.2) is 36.4 Å². The fraction of sp³-hybridized carbons (Fsp3) is 0.677. The van der Waals surface area contributed by atoms with Crippen LogP contribution >= 0.6 is 0 Å². The third kappa shape index (κ3) is 14.4. The smallest absolute Gasteiger partial charge is 0.159 e. The summed E-state index contributed by atoms with van der Waals surface area (Å²) in [6.45, 7) is 7.71. The molecule has 0 spiro atoms. The lowest BCUT2D eigenvalue weighted by Gasteiger charge is -2.08. The summed E-state index contributed by atoms with van der Waals surface area (Å²) in [6.07, 6.45) is 22.3. The molecule has 0 aliphatic rings. The number of aromatic nitrogens is 2. The first-order valence-corrected chi connectivity index (χ1v) is 14.6. The van der Waals surface area contributed by atoms with Crippen LogP contribution in [0.15, 0.2) is 36.7 Å². The normalized spacial score (nSPS) is 11.1. The molecule has 5 nitrogen and oxygen atoms in total. The number of hydrogen-bond acceptors (Lipinski definition) is 5. The third-order valence-electron chi connectivity index (χ3n) is 6.35. The van der Waals surface area contributed by atoms with Crippen molar-refractivity contribution in [3.63, 3.8) is 0 Å². The Balaban J connectivity index is 1.53. The van der Waals surface area contributed by atoms with E-state index in [1.165, 1.54) is 64.2 Å². The second-order valence-electron chi connectivity index (χ2n) is 9.67. The highest BCUT2D eigenvalue weighted by Crippen LogP contribution is 2.21. The van der Waals surface area contributed by atoms with Gasteiger partial charge in [0.05, 0.1) is 25.6 Å². The molecule has 0 saturated carbocycles. The van der Waals surface area contributed by atoms with Crippen LogP contribution in [0.2, 0.25) is 0 Å². The number of benzene rings is 1. The van der Waals surface area contributed by atoms with Crippen LogP contribution in [0.1, 0.15) is 110 Å². The maximum Gasteiger partial charge on any atom is 0.159 e. The van der Waals surface area contributed by atoms with E-state index in [-0.39, 0.29) is 0 Å². The standard InChI is InChI=1S/C31H50N2O3/c1-3-5-7-8-9-10-11-12-16-24-35-29-20-18-28(19-21-29)31-32-26-30(27-33-31)36-25-17-14-13-15-23-34-22-6-4-2/h18-21,26-27H,3-17,22-25H2,1-2H3. The van der Waals surface area contributed by atoms with Crippen molar-refractivity contribution in [2.75, 3.05) is 26.4 Å². The second-order valence-corrected chi connectivity index (χ2v) is 9.67. The summed E-state index contributed by atoms with van der Waals surface area (Å²) in [5.74, 6) is 2.34. The summed E-state index contributed by atoms with van der Waals surface area (Å²) in [7, 11) is 0. The lowest BCUT2D eigenvalue weighted by Crippen LogP contribution is -2.00. The van der Waals surface area contributed by atoms with Gasteiger partial charge in [0.1, 0.15) is 5.75 Å². The van der Waals surface area contributed by atoms with Gasteiger partial charge in [-0.1, -0.05) is 78.1 Å². The molecule has 1 aromatic heterocycles. The van der Waals surface area contributed by atoms with E-state index in [2.05, 4.69) is 23.8 Å². The molecule has 0 unspecified atom stereocenters. The van der Waals surface area contributed by atoms with Gasteiger partial charge in [0.2, 0.25) is 0 Å². The second kappa shape index (κ2) is 21.0. The molecule has 0 fully saturated rings. The summed E-state index contributed by atoms with van der Waals surface area (Å²) >= 11 is 0. The first-order chi connectivity index (χ1) is 17.8. The van der Waals surface area contributed by atoms with E-state index in [1.807, 2.05) is 24.3 Å². The average molecular weight is 499 g/mol. The number of ether oxygens (including phenoxy) is 3. The molecule has 0 amide bonds. The molecule has 0 radical (unpaired) electrons. The highest BCUT2D eigenvalue weighted by atomic mass is 16.5. The van der Waals surface area contributed by atoms with E-state index < -0.39 is 0 Å². The van der Waals surface area contributed by atoms with Crippen molar-refractivity contribution in [2.24, 2.45) is 0 Å². The van der Waals surface area contributed by atoms with Gasteiger partial charge in [0.25, 0.3) is 0 Å². The minimum Gasteiger partial charge on any atom is -0.494 e. The Kier molecular flexibility index (Phi) is 17.5. The summed E-state index contributed by atoms with van der Waals surface area (Å²) in [5.41, 5.74) is 0.984. The van der Waals surface area contributed by atoms with Crippen LogP contribution < -0.4 is 9.47 Å². The summed E-state index contributed by atoms with van der Waals surface area (Å²) in [4.78, 5) is 8.95. The molecule has 36 heavy (non-hydrogen) atoms. The minimum absolute atomic E-state index is 0.699. The van der Waals surface area contributed by atoms with Gasteiger partial charge in [-0.05, 0) is 56.4 Å². The van der Waals surface area contributed by atoms with Gasteiger partial charge in [-0.2, -0.15) is 0 Å². The Morgan fingerprint density at radius 3 is 1.56 bits per heavy atom. The highest BCUT2D eigenvalue weighted by Gasteiger charge is 2.04. The number of hydrogen-bond donors (Lipinski definition) is 0. The van der Waals surface area contributed by atoms with Crippen LogP contribution in [0.3, 0.4) is 0 Å². The Labute approximate surface area is 220 Å². The number of unbranched alkanes of at least 4 members (excludes halogenated alkanes) is 12. The Hall–Kier alpha value is -2.14. The average Bonchev–Trinajstić information content (AvgIpc) is 2.91. The zero-order valence-electron chi connectivity index (χ0n) is 23.0. The van der Waals surface area contributed by atoms with Crippen molar-refractivity contribution in [3.05, 3.63) is 36.7 Å². The van der Waals surface area contributed by atoms with Gasteiger partial charge in [0, 0.05) is 18.8 Å². The molecule has 0 bridgehead atoms. The topological polar surface area (TPSA) is 53.5 Å². The van der Waals surface area contributed by atoms with Crippen molar-refractivity contribution >= 4 is 0 Å². The summed E-state index contributed by atoms with van der Waals surface area (Å²) in [6, 6.07) is 8.05. The maximum atomic E-state index is 5.91. The van der Waals surface area contributed by atoms with Crippen molar-refractivity contribution in [3.8, 4) is 22.9 Å². The molecular weight excluding hydrogens is 448 g/mol. The minimum atomic E-state index is 0.699. The molecular formula is C31H50N2O3. The molecule has 2 aromatic rings. The van der Waals surface area contributed by atoms with Gasteiger partial charge < -0.3 is 14.2 Å². The molecule has 1 aromatic carbocycles. The first-order valence-electron chi connectivity index (χ1n) is 14.6. The van der Waals surface area contributed by atoms with E-state index >= 15 is 0 Å². The SMILES string of the molecule is CCCCCCCCCCCOc1ccc(-c2ncc(OCCCCCCOCCCC)cn2)cc1. The van der Waals surface area contributed by atoms with Gasteiger partial charge >= 0.3 is 0 Å². The maximum absolute atomic E-state index is 5.91. The summed E-state index contributed by atoms with van der Waals surface area (Å²) in [5, 5.41) is 0. The predicted octanol–water partition coefficient (Wildman–Crippen LogP) is 8.81. The molecule has 202 valence electrons. The van der Waals surface area contributed by atoms with E-state index in [0.717, 1.165) is 69.0 Å². The van der Waals surface area contributed by atoms with E-state index in [0.29, 0.717) is 12.4 Å². The fourth-order valence-corrected chi connectivity index (χ4v) is 4.04. The molecule has 1 heterocycles. The monoisotopic (exact) mass is 498 g/mol. The van der Waals surface area contributed by atoms with Crippen molar-refractivity contribution in [1.82, 2.24) is 9.97 Å². The highest BCUT2D eigenvalue weighted by molar-refractivity contribution is 5.56. The van der Waals surface area contributed by atoms with Crippen molar-refractivity contribution in [1.29, 1.82) is 0 Å². The van der Waals surface area contributed by atoms with Gasteiger partial charge in [-0.15, -0.1) is 0 Å². The van der Waals surface area contributed by atoms with E-state index in [4.69, 9.17) is 14.2 Å². The largest absolute Gasteiger partial charge is 0.494 e. The molecule has 2 rings (SSSR count). The molecule has 0 saturated heterocycles. The van der Waals surface area contributed by atoms with Crippen molar-refractivity contribution in [2.45, 2.75) is 110 Å². The predicted molar refractivity (Wildman–Crippen MR) is 150 cm³/mol. The molecule has 0 N–H and O–H groups in total. The molecule has 0 aliphatic carbocycles. The fourth-order valence-electron chi connectivity index (χ4n) is 4.04. The molecule has 5 heteroatoms. The van der Waals surface area contributed by atoms with Crippen LogP contribution in [0.4, 0.5) is 0 Å². The van der Waals surface area contributed by atoms with Crippen molar-refractivity contribution < 1.29 is 14.2 Å². The Morgan fingerprint density at radius 1 is 0.500 bits per heavy atom. The number of rotatable bonds is 23. The number of nitrogens with zero attached hydrogens (tertiary/aromatic N) is 2. The van der Waals surface area contributed by atoms with Gasteiger partial charge in [-0.3, -0.25) is 0 Å². The lowest BCUT2D eigenvalue weighted by molar-refractivity contribution is 0.126.